The highest BCUT2D eigenvalue weighted by Crippen LogP contribution is 2.37. The molecule has 2 rings (SSSR count). The van der Waals surface area contributed by atoms with Crippen molar-refractivity contribution in [3.8, 4) is 0 Å². The zero-order chi connectivity index (χ0) is 15.4. The molecule has 0 unspecified atom stereocenters. The van der Waals surface area contributed by atoms with Crippen molar-refractivity contribution in [1.29, 1.82) is 0 Å². The van der Waals surface area contributed by atoms with Gasteiger partial charge in [0.1, 0.15) is 6.10 Å². The highest BCUT2D eigenvalue weighted by molar-refractivity contribution is 5.85. The molecule has 0 aromatic carbocycles. The SMILES string of the molecule is C=C/C=C\C(=C/C)[C@@H]1C[C@H](O)c2nc(C(=O)OCC)nn21. The molecule has 6 nitrogen and oxygen atoms in total. The Labute approximate surface area is 123 Å². The Morgan fingerprint density at radius 3 is 3.00 bits per heavy atom. The van der Waals surface area contributed by atoms with Crippen molar-refractivity contribution >= 4 is 5.97 Å². The molecular formula is C15H19N3O3. The quantitative estimate of drug-likeness (QED) is 0.663. The summed E-state index contributed by atoms with van der Waals surface area (Å²) in [5, 5.41) is 14.3. The summed E-state index contributed by atoms with van der Waals surface area (Å²) in [7, 11) is 0. The molecule has 6 heteroatoms. The molecule has 1 aliphatic heterocycles. The summed E-state index contributed by atoms with van der Waals surface area (Å²) < 4.78 is 6.48. The van der Waals surface area contributed by atoms with Crippen molar-refractivity contribution in [2.45, 2.75) is 32.4 Å². The molecule has 1 N–H and O–H groups in total. The smallest absolute Gasteiger partial charge is 0.378 e. The van der Waals surface area contributed by atoms with Crippen molar-refractivity contribution in [2.24, 2.45) is 0 Å². The molecular weight excluding hydrogens is 270 g/mol. The second kappa shape index (κ2) is 6.49. The van der Waals surface area contributed by atoms with E-state index in [-0.39, 0.29) is 18.5 Å². The monoisotopic (exact) mass is 289 g/mol. The van der Waals surface area contributed by atoms with E-state index in [1.807, 2.05) is 25.2 Å². The Morgan fingerprint density at radius 2 is 2.38 bits per heavy atom. The minimum Gasteiger partial charge on any atom is -0.460 e. The predicted octanol–water partition coefficient (Wildman–Crippen LogP) is 2.12. The Balaban J connectivity index is 2.33. The number of aliphatic hydroxyl groups is 1. The van der Waals surface area contributed by atoms with Gasteiger partial charge >= 0.3 is 5.97 Å². The van der Waals surface area contributed by atoms with Crippen LogP contribution >= 0.6 is 0 Å². The van der Waals surface area contributed by atoms with E-state index < -0.39 is 12.1 Å². The van der Waals surface area contributed by atoms with Crippen molar-refractivity contribution < 1.29 is 14.6 Å². The molecule has 0 saturated carbocycles. The highest BCUT2D eigenvalue weighted by Gasteiger charge is 2.35. The largest absolute Gasteiger partial charge is 0.460 e. The second-order valence-corrected chi connectivity index (χ2v) is 4.61. The molecule has 1 aromatic heterocycles. The number of hydrogen-bond acceptors (Lipinski definition) is 5. The molecule has 2 atom stereocenters. The van der Waals surface area contributed by atoms with Gasteiger partial charge in [-0.25, -0.2) is 14.5 Å². The second-order valence-electron chi connectivity index (χ2n) is 4.61. The van der Waals surface area contributed by atoms with Crippen molar-refractivity contribution in [1.82, 2.24) is 14.8 Å². The van der Waals surface area contributed by atoms with Crippen LogP contribution in [0.3, 0.4) is 0 Å². The molecule has 0 saturated heterocycles. The van der Waals surface area contributed by atoms with Gasteiger partial charge in [-0.2, -0.15) is 0 Å². The van der Waals surface area contributed by atoms with Crippen LogP contribution in [-0.2, 0) is 4.74 Å². The Morgan fingerprint density at radius 1 is 1.62 bits per heavy atom. The van der Waals surface area contributed by atoms with Gasteiger partial charge in [0, 0.05) is 6.42 Å². The molecule has 112 valence electrons. The van der Waals surface area contributed by atoms with Crippen LogP contribution < -0.4 is 0 Å². The lowest BCUT2D eigenvalue weighted by molar-refractivity contribution is 0.0510. The highest BCUT2D eigenvalue weighted by atomic mass is 16.5. The maximum absolute atomic E-state index is 11.7. The van der Waals surface area contributed by atoms with Crippen molar-refractivity contribution in [3.63, 3.8) is 0 Å². The number of fused-ring (bicyclic) bond motifs is 1. The first kappa shape index (κ1) is 15.2. The minimum absolute atomic E-state index is 0.0150. The Bertz CT molecular complexity index is 601. The molecule has 0 spiro atoms. The van der Waals surface area contributed by atoms with Gasteiger partial charge in [-0.3, -0.25) is 0 Å². The molecule has 0 radical (unpaired) electrons. The van der Waals surface area contributed by atoms with Gasteiger partial charge in [-0.15, -0.1) is 5.10 Å². The van der Waals surface area contributed by atoms with Crippen molar-refractivity contribution in [2.75, 3.05) is 6.61 Å². The van der Waals surface area contributed by atoms with E-state index in [1.165, 1.54) is 0 Å². The number of carbonyl (C=O) groups is 1. The van der Waals surface area contributed by atoms with Gasteiger partial charge < -0.3 is 9.84 Å². The van der Waals surface area contributed by atoms with Crippen LogP contribution in [0.1, 0.15) is 48.9 Å². The summed E-state index contributed by atoms with van der Waals surface area (Å²) in [4.78, 5) is 15.8. The van der Waals surface area contributed by atoms with E-state index in [0.29, 0.717) is 12.2 Å². The van der Waals surface area contributed by atoms with E-state index >= 15 is 0 Å². The summed E-state index contributed by atoms with van der Waals surface area (Å²) >= 11 is 0. The Kier molecular flexibility index (Phi) is 4.70. The number of ether oxygens (including phenoxy) is 1. The third-order valence-corrected chi connectivity index (χ3v) is 3.30. The van der Waals surface area contributed by atoms with Crippen molar-refractivity contribution in [3.05, 3.63) is 48.1 Å². The number of aliphatic hydroxyl groups excluding tert-OH is 1. The van der Waals surface area contributed by atoms with Crippen LogP contribution in [0.5, 0.6) is 0 Å². The van der Waals surface area contributed by atoms with Gasteiger partial charge in [0.2, 0.25) is 0 Å². The van der Waals surface area contributed by atoms with E-state index in [2.05, 4.69) is 16.7 Å². The average molecular weight is 289 g/mol. The lowest BCUT2D eigenvalue weighted by atomic mass is 10.0. The number of hydrogen-bond donors (Lipinski definition) is 1. The van der Waals surface area contributed by atoms with E-state index in [9.17, 15) is 9.90 Å². The molecule has 0 amide bonds. The van der Waals surface area contributed by atoms with Crippen LogP contribution in [0, 0.1) is 0 Å². The number of carbonyl (C=O) groups excluding carboxylic acids is 1. The van der Waals surface area contributed by atoms with E-state index in [1.54, 1.807) is 17.7 Å². The van der Waals surface area contributed by atoms with Gasteiger partial charge in [0.05, 0.1) is 12.6 Å². The first-order valence-corrected chi connectivity index (χ1v) is 6.89. The lowest BCUT2D eigenvalue weighted by Gasteiger charge is -2.12. The number of allylic oxidation sites excluding steroid dienone is 5. The predicted molar refractivity (Wildman–Crippen MR) is 77.7 cm³/mol. The molecule has 0 aliphatic carbocycles. The zero-order valence-electron chi connectivity index (χ0n) is 12.2. The van der Waals surface area contributed by atoms with Crippen LogP contribution in [0.25, 0.3) is 0 Å². The summed E-state index contributed by atoms with van der Waals surface area (Å²) in [5.41, 5.74) is 0.980. The van der Waals surface area contributed by atoms with Gasteiger partial charge in [0.25, 0.3) is 5.82 Å². The third kappa shape index (κ3) is 2.95. The van der Waals surface area contributed by atoms with Gasteiger partial charge in [-0.05, 0) is 19.4 Å². The van der Waals surface area contributed by atoms with E-state index in [0.717, 1.165) is 5.57 Å². The molecule has 1 aromatic rings. The summed E-state index contributed by atoms with van der Waals surface area (Å²) in [6, 6.07) is -0.146. The van der Waals surface area contributed by atoms with Crippen LogP contribution in [0.15, 0.2) is 36.5 Å². The fourth-order valence-corrected chi connectivity index (χ4v) is 2.35. The van der Waals surface area contributed by atoms with Crippen LogP contribution in [0.2, 0.25) is 0 Å². The standard InChI is InChI=1S/C15H19N3O3/c1-4-7-8-10(5-2)11-9-12(19)14-16-13(17-18(11)14)15(20)21-6-3/h4-5,7-8,11-12,19H,1,6,9H2,2-3H3/b8-7-,10-5+/t11-,12-/m0/s1. The van der Waals surface area contributed by atoms with Crippen LogP contribution in [0.4, 0.5) is 0 Å². The zero-order valence-corrected chi connectivity index (χ0v) is 12.2. The third-order valence-electron chi connectivity index (χ3n) is 3.30. The fourth-order valence-electron chi connectivity index (χ4n) is 2.35. The summed E-state index contributed by atoms with van der Waals surface area (Å²) in [6.07, 6.45) is 7.10. The molecule has 2 heterocycles. The summed E-state index contributed by atoms with van der Waals surface area (Å²) in [6.45, 7) is 7.53. The molecule has 0 bridgehead atoms. The fraction of sp³-hybridized carbons (Fsp3) is 0.400. The first-order valence-electron chi connectivity index (χ1n) is 6.89. The topological polar surface area (TPSA) is 77.2 Å². The Hall–Kier alpha value is -2.21. The normalized spacial score (nSPS) is 21.6. The lowest BCUT2D eigenvalue weighted by Crippen LogP contribution is -2.11. The number of esters is 1. The van der Waals surface area contributed by atoms with Crippen LogP contribution in [-0.4, -0.2) is 32.4 Å². The number of rotatable bonds is 5. The van der Waals surface area contributed by atoms with E-state index in [4.69, 9.17) is 4.74 Å². The number of nitrogens with zero attached hydrogens (tertiary/aromatic N) is 3. The van der Waals surface area contributed by atoms with Gasteiger partial charge in [0.15, 0.2) is 5.82 Å². The minimum atomic E-state index is -0.738. The number of aromatic nitrogens is 3. The maximum atomic E-state index is 11.7. The van der Waals surface area contributed by atoms with Gasteiger partial charge in [-0.1, -0.05) is 30.9 Å². The maximum Gasteiger partial charge on any atom is 0.378 e. The first-order chi connectivity index (χ1) is 10.1. The molecule has 21 heavy (non-hydrogen) atoms. The summed E-state index contributed by atoms with van der Waals surface area (Å²) in [5.74, 6) is -0.192. The average Bonchev–Trinajstić information content (AvgIpc) is 3.02. The molecule has 0 fully saturated rings. The molecule has 1 aliphatic rings.